The number of benzene rings is 3. The molecule has 0 unspecified atom stereocenters. The molecule has 40 heavy (non-hydrogen) atoms. The Morgan fingerprint density at radius 2 is 1.10 bits per heavy atom. The minimum Gasteiger partial charge on any atom is -0.496 e. The largest absolute Gasteiger partial charge is 0.496 e. The molecule has 0 fully saturated rings. The number of aryl methyl sites for hydroxylation is 1. The molecule has 3 rings (SSSR count). The van der Waals surface area contributed by atoms with Crippen molar-refractivity contribution in [3.05, 3.63) is 83.4 Å². The van der Waals surface area contributed by atoms with E-state index in [9.17, 15) is 4.79 Å². The van der Waals surface area contributed by atoms with E-state index in [0.717, 1.165) is 22.4 Å². The first-order chi connectivity index (χ1) is 19.6. The molecule has 0 saturated carbocycles. The van der Waals surface area contributed by atoms with E-state index in [-0.39, 0.29) is 5.78 Å². The van der Waals surface area contributed by atoms with E-state index >= 15 is 0 Å². The van der Waals surface area contributed by atoms with Crippen LogP contribution in [0.3, 0.4) is 0 Å². The standard InChI is InChI=1S/C32H40O8/c1-25-4-13-30(31(24-25)35-3)26-5-7-27(8-6-26)32(33)28-9-11-29(12-10-28)40-23-22-39-21-20-38-19-18-37-17-16-36-15-14-34-2/h4-13,24H,14-23H2,1-3H3. The van der Waals surface area contributed by atoms with Crippen LogP contribution in [-0.4, -0.2) is 86.1 Å². The van der Waals surface area contributed by atoms with E-state index in [1.54, 1.807) is 38.5 Å². The number of carbonyl (C=O) groups excluding carboxylic acids is 1. The average Bonchev–Trinajstić information content (AvgIpc) is 2.99. The van der Waals surface area contributed by atoms with Gasteiger partial charge in [-0.05, 0) is 48.4 Å². The van der Waals surface area contributed by atoms with Gasteiger partial charge in [0, 0.05) is 23.8 Å². The van der Waals surface area contributed by atoms with Gasteiger partial charge in [0.25, 0.3) is 0 Å². The second kappa shape index (κ2) is 18.1. The van der Waals surface area contributed by atoms with Gasteiger partial charge in [-0.1, -0.05) is 36.4 Å². The third-order valence-electron chi connectivity index (χ3n) is 5.98. The molecule has 0 spiro atoms. The van der Waals surface area contributed by atoms with Gasteiger partial charge in [-0.15, -0.1) is 0 Å². The lowest BCUT2D eigenvalue weighted by molar-refractivity contribution is -0.00978. The van der Waals surface area contributed by atoms with Crippen LogP contribution in [0, 0.1) is 6.92 Å². The first-order valence-electron chi connectivity index (χ1n) is 13.4. The molecular weight excluding hydrogens is 512 g/mol. The van der Waals surface area contributed by atoms with Crippen molar-refractivity contribution >= 4 is 5.78 Å². The number of ketones is 1. The molecule has 216 valence electrons. The van der Waals surface area contributed by atoms with Crippen LogP contribution in [0.25, 0.3) is 11.1 Å². The fourth-order valence-electron chi connectivity index (χ4n) is 3.83. The summed E-state index contributed by atoms with van der Waals surface area (Å²) in [5.41, 5.74) is 4.34. The molecule has 3 aromatic rings. The molecule has 0 amide bonds. The Bertz CT molecular complexity index is 1130. The van der Waals surface area contributed by atoms with Crippen LogP contribution in [0.5, 0.6) is 11.5 Å². The highest BCUT2D eigenvalue weighted by Gasteiger charge is 2.11. The van der Waals surface area contributed by atoms with E-state index in [4.69, 9.17) is 33.2 Å². The molecule has 0 aliphatic carbocycles. The molecule has 0 N–H and O–H groups in total. The summed E-state index contributed by atoms with van der Waals surface area (Å²) in [6, 6.07) is 20.8. The third kappa shape index (κ3) is 10.7. The fourth-order valence-corrected chi connectivity index (χ4v) is 3.83. The minimum absolute atomic E-state index is 0.0434. The summed E-state index contributed by atoms with van der Waals surface area (Å²) in [5, 5.41) is 0. The number of rotatable bonds is 20. The van der Waals surface area contributed by atoms with Crippen LogP contribution in [0.1, 0.15) is 21.5 Å². The molecule has 0 radical (unpaired) electrons. The zero-order valence-corrected chi connectivity index (χ0v) is 23.7. The predicted octanol–water partition coefficient (Wildman–Crippen LogP) is 4.99. The molecule has 0 aliphatic rings. The lowest BCUT2D eigenvalue weighted by Gasteiger charge is -2.11. The molecule has 8 heteroatoms. The topological polar surface area (TPSA) is 81.7 Å². The summed E-state index contributed by atoms with van der Waals surface area (Å²) in [4.78, 5) is 13.0. The van der Waals surface area contributed by atoms with Gasteiger partial charge in [-0.3, -0.25) is 4.79 Å². The lowest BCUT2D eigenvalue weighted by Crippen LogP contribution is -2.14. The molecule has 0 atom stereocenters. The maximum absolute atomic E-state index is 13.0. The second-order valence-electron chi connectivity index (χ2n) is 8.93. The predicted molar refractivity (Wildman–Crippen MR) is 154 cm³/mol. The van der Waals surface area contributed by atoms with Crippen LogP contribution in [0.15, 0.2) is 66.7 Å². The highest BCUT2D eigenvalue weighted by Crippen LogP contribution is 2.31. The monoisotopic (exact) mass is 552 g/mol. The van der Waals surface area contributed by atoms with Crippen molar-refractivity contribution in [2.45, 2.75) is 6.92 Å². The van der Waals surface area contributed by atoms with Crippen molar-refractivity contribution in [2.24, 2.45) is 0 Å². The van der Waals surface area contributed by atoms with Gasteiger partial charge in [0.2, 0.25) is 0 Å². The maximum Gasteiger partial charge on any atom is 0.193 e. The zero-order chi connectivity index (χ0) is 28.4. The van der Waals surface area contributed by atoms with Crippen LogP contribution in [0.2, 0.25) is 0 Å². The van der Waals surface area contributed by atoms with E-state index in [1.807, 2.05) is 49.4 Å². The Morgan fingerprint density at radius 1 is 0.600 bits per heavy atom. The summed E-state index contributed by atoms with van der Waals surface area (Å²) in [5.74, 6) is 1.45. The molecule has 0 aromatic heterocycles. The number of hydrogen-bond acceptors (Lipinski definition) is 8. The van der Waals surface area contributed by atoms with Gasteiger partial charge in [-0.2, -0.15) is 0 Å². The first-order valence-corrected chi connectivity index (χ1v) is 13.4. The van der Waals surface area contributed by atoms with Crippen molar-refractivity contribution in [1.29, 1.82) is 0 Å². The van der Waals surface area contributed by atoms with Gasteiger partial charge >= 0.3 is 0 Å². The Labute approximate surface area is 237 Å². The lowest BCUT2D eigenvalue weighted by atomic mass is 9.98. The number of ether oxygens (including phenoxy) is 7. The Hall–Kier alpha value is -3.27. The molecule has 0 bridgehead atoms. The average molecular weight is 553 g/mol. The summed E-state index contributed by atoms with van der Waals surface area (Å²) in [6.07, 6.45) is 0. The number of hydrogen-bond donors (Lipinski definition) is 0. The van der Waals surface area contributed by atoms with E-state index < -0.39 is 0 Å². The van der Waals surface area contributed by atoms with E-state index in [1.165, 1.54) is 0 Å². The van der Waals surface area contributed by atoms with E-state index in [2.05, 4.69) is 0 Å². The second-order valence-corrected chi connectivity index (χ2v) is 8.93. The molecule has 0 heterocycles. The van der Waals surface area contributed by atoms with Crippen LogP contribution < -0.4 is 9.47 Å². The van der Waals surface area contributed by atoms with Gasteiger partial charge in [0.05, 0.1) is 66.6 Å². The molecule has 8 nitrogen and oxygen atoms in total. The van der Waals surface area contributed by atoms with Crippen LogP contribution >= 0.6 is 0 Å². The molecule has 0 aliphatic heterocycles. The summed E-state index contributed by atoms with van der Waals surface area (Å²) in [6.45, 7) is 7.11. The van der Waals surface area contributed by atoms with Crippen LogP contribution in [0.4, 0.5) is 0 Å². The molecular formula is C32H40O8. The van der Waals surface area contributed by atoms with Gasteiger partial charge in [0.1, 0.15) is 18.1 Å². The summed E-state index contributed by atoms with van der Waals surface area (Å²) in [7, 11) is 3.31. The van der Waals surface area contributed by atoms with Gasteiger partial charge in [0.15, 0.2) is 5.78 Å². The highest BCUT2D eigenvalue weighted by atomic mass is 16.6. The van der Waals surface area contributed by atoms with Crippen molar-refractivity contribution in [3.63, 3.8) is 0 Å². The Balaban J connectivity index is 1.30. The minimum atomic E-state index is -0.0434. The summed E-state index contributed by atoms with van der Waals surface area (Å²) >= 11 is 0. The quantitative estimate of drug-likeness (QED) is 0.143. The third-order valence-corrected chi connectivity index (χ3v) is 5.98. The van der Waals surface area contributed by atoms with Crippen molar-refractivity contribution in [1.82, 2.24) is 0 Å². The number of carbonyl (C=O) groups is 1. The van der Waals surface area contributed by atoms with E-state index in [0.29, 0.717) is 82.9 Å². The fraction of sp³-hybridized carbons (Fsp3) is 0.406. The van der Waals surface area contributed by atoms with Gasteiger partial charge < -0.3 is 33.2 Å². The Morgan fingerprint density at radius 3 is 1.62 bits per heavy atom. The first kappa shape index (κ1) is 31.3. The van der Waals surface area contributed by atoms with Crippen LogP contribution in [-0.2, 0) is 23.7 Å². The highest BCUT2D eigenvalue weighted by molar-refractivity contribution is 6.09. The normalized spacial score (nSPS) is 11.0. The van der Waals surface area contributed by atoms with Crippen molar-refractivity contribution in [3.8, 4) is 22.6 Å². The van der Waals surface area contributed by atoms with Crippen molar-refractivity contribution < 1.29 is 38.0 Å². The summed E-state index contributed by atoms with van der Waals surface area (Å²) < 4.78 is 37.9. The van der Waals surface area contributed by atoms with Gasteiger partial charge in [-0.25, -0.2) is 0 Å². The number of methoxy groups -OCH3 is 2. The Kier molecular flexibility index (Phi) is 14.2. The molecule has 0 saturated heterocycles. The zero-order valence-electron chi connectivity index (χ0n) is 23.7. The smallest absolute Gasteiger partial charge is 0.193 e. The SMILES string of the molecule is COCCOCCOCCOCCOCCOc1ccc(C(=O)c2ccc(-c3ccc(C)cc3OC)cc2)cc1. The molecule has 3 aromatic carbocycles. The van der Waals surface area contributed by atoms with Crippen molar-refractivity contribution in [2.75, 3.05) is 80.3 Å². The maximum atomic E-state index is 13.0.